The molecule has 1 saturated heterocycles. The molecule has 1 aliphatic rings. The number of hydrogen-bond donors (Lipinski definition) is 1. The molecule has 78 valence electrons. The fourth-order valence-corrected chi connectivity index (χ4v) is 2.06. The van der Waals surface area contributed by atoms with Crippen LogP contribution >= 0.6 is 0 Å². The van der Waals surface area contributed by atoms with Crippen LogP contribution in [-0.2, 0) is 0 Å². The Bertz CT molecular complexity index is 158. The van der Waals surface area contributed by atoms with Crippen molar-refractivity contribution in [3.05, 3.63) is 0 Å². The highest BCUT2D eigenvalue weighted by Gasteiger charge is 2.26. The molecule has 0 aromatic carbocycles. The molecule has 0 aliphatic carbocycles. The second kappa shape index (κ2) is 4.40. The topological polar surface area (TPSA) is 32.5 Å². The van der Waals surface area contributed by atoms with Crippen LogP contribution < -0.4 is 5.73 Å². The zero-order chi connectivity index (χ0) is 10.0. The van der Waals surface area contributed by atoms with Gasteiger partial charge < -0.3 is 10.6 Å². The van der Waals surface area contributed by atoms with Gasteiger partial charge in [-0.1, -0.05) is 0 Å². The SMILES string of the molecule is CC(N)C(C)N1CCN(C)CC1C. The number of rotatable bonds is 2. The molecule has 0 aromatic heterocycles. The minimum absolute atomic E-state index is 0.269. The van der Waals surface area contributed by atoms with Crippen LogP contribution in [0.25, 0.3) is 0 Å². The Balaban J connectivity index is 2.50. The van der Waals surface area contributed by atoms with Crippen LogP contribution in [0.2, 0.25) is 0 Å². The van der Waals surface area contributed by atoms with E-state index in [4.69, 9.17) is 5.73 Å². The van der Waals surface area contributed by atoms with Gasteiger partial charge in [-0.25, -0.2) is 0 Å². The first-order valence-electron chi connectivity index (χ1n) is 5.22. The number of piperazine rings is 1. The lowest BCUT2D eigenvalue weighted by Crippen LogP contribution is -2.57. The molecule has 3 nitrogen and oxygen atoms in total. The van der Waals surface area contributed by atoms with E-state index in [1.165, 1.54) is 6.54 Å². The van der Waals surface area contributed by atoms with Gasteiger partial charge in [0, 0.05) is 37.8 Å². The van der Waals surface area contributed by atoms with E-state index in [0.717, 1.165) is 13.1 Å². The molecule has 0 amide bonds. The van der Waals surface area contributed by atoms with Crippen molar-refractivity contribution in [1.29, 1.82) is 0 Å². The number of likely N-dealkylation sites (N-methyl/N-ethyl adjacent to an activating group) is 1. The maximum atomic E-state index is 5.91. The quantitative estimate of drug-likeness (QED) is 0.674. The minimum atomic E-state index is 0.269. The molecule has 2 N–H and O–H groups in total. The molecule has 13 heavy (non-hydrogen) atoms. The standard InChI is InChI=1S/C10H23N3/c1-8-7-12(4)5-6-13(8)10(3)9(2)11/h8-10H,5-7,11H2,1-4H3. The summed E-state index contributed by atoms with van der Waals surface area (Å²) in [6.45, 7) is 10.1. The maximum absolute atomic E-state index is 5.91. The first-order valence-corrected chi connectivity index (χ1v) is 5.22. The molecule has 0 radical (unpaired) electrons. The third-order valence-electron chi connectivity index (χ3n) is 3.17. The molecule has 0 aromatic rings. The van der Waals surface area contributed by atoms with Gasteiger partial charge in [-0.15, -0.1) is 0 Å². The molecular formula is C10H23N3. The van der Waals surface area contributed by atoms with Crippen molar-refractivity contribution in [2.75, 3.05) is 26.7 Å². The summed E-state index contributed by atoms with van der Waals surface area (Å²) >= 11 is 0. The van der Waals surface area contributed by atoms with Crippen LogP contribution in [-0.4, -0.2) is 54.6 Å². The second-order valence-electron chi connectivity index (χ2n) is 4.45. The summed E-state index contributed by atoms with van der Waals surface area (Å²) in [5.74, 6) is 0. The molecule has 1 heterocycles. The van der Waals surface area contributed by atoms with Gasteiger partial charge in [0.25, 0.3) is 0 Å². The fraction of sp³-hybridized carbons (Fsp3) is 1.00. The van der Waals surface area contributed by atoms with E-state index >= 15 is 0 Å². The Kier molecular flexibility index (Phi) is 3.71. The van der Waals surface area contributed by atoms with Crippen molar-refractivity contribution >= 4 is 0 Å². The Morgan fingerprint density at radius 2 is 1.92 bits per heavy atom. The summed E-state index contributed by atoms with van der Waals surface area (Å²) in [6.07, 6.45) is 0. The van der Waals surface area contributed by atoms with Gasteiger partial charge in [0.05, 0.1) is 0 Å². The van der Waals surface area contributed by atoms with Crippen molar-refractivity contribution in [2.24, 2.45) is 5.73 Å². The third-order valence-corrected chi connectivity index (χ3v) is 3.17. The first-order chi connectivity index (χ1) is 6.02. The zero-order valence-electron chi connectivity index (χ0n) is 9.33. The predicted octanol–water partition coefficient (Wildman–Crippen LogP) is 0.358. The fourth-order valence-electron chi connectivity index (χ4n) is 2.06. The lowest BCUT2D eigenvalue weighted by Gasteiger charge is -2.43. The lowest BCUT2D eigenvalue weighted by atomic mass is 10.1. The van der Waals surface area contributed by atoms with Crippen molar-refractivity contribution in [2.45, 2.75) is 38.9 Å². The van der Waals surface area contributed by atoms with E-state index in [1.54, 1.807) is 0 Å². The molecule has 1 rings (SSSR count). The van der Waals surface area contributed by atoms with Crippen LogP contribution in [0.1, 0.15) is 20.8 Å². The maximum Gasteiger partial charge on any atom is 0.0220 e. The molecule has 3 heteroatoms. The third kappa shape index (κ3) is 2.66. The van der Waals surface area contributed by atoms with Crippen molar-refractivity contribution in [3.63, 3.8) is 0 Å². The van der Waals surface area contributed by atoms with E-state index in [1.807, 2.05) is 0 Å². The summed E-state index contributed by atoms with van der Waals surface area (Å²) in [6, 6.07) is 1.41. The zero-order valence-corrected chi connectivity index (χ0v) is 9.33. The van der Waals surface area contributed by atoms with Crippen LogP contribution in [0.5, 0.6) is 0 Å². The van der Waals surface area contributed by atoms with Gasteiger partial charge in [-0.05, 0) is 27.8 Å². The smallest absolute Gasteiger partial charge is 0.0220 e. The normalized spacial score (nSPS) is 31.6. The van der Waals surface area contributed by atoms with Gasteiger partial charge in [-0.3, -0.25) is 4.90 Å². The Hall–Kier alpha value is -0.120. The first kappa shape index (κ1) is 11.0. The molecule has 1 aliphatic heterocycles. The summed E-state index contributed by atoms with van der Waals surface area (Å²) < 4.78 is 0. The van der Waals surface area contributed by atoms with Gasteiger partial charge in [0.15, 0.2) is 0 Å². The highest BCUT2D eigenvalue weighted by Crippen LogP contribution is 2.13. The average molecular weight is 185 g/mol. The van der Waals surface area contributed by atoms with Crippen molar-refractivity contribution < 1.29 is 0 Å². The van der Waals surface area contributed by atoms with Crippen molar-refractivity contribution in [3.8, 4) is 0 Å². The summed E-state index contributed by atoms with van der Waals surface area (Å²) in [5.41, 5.74) is 5.91. The van der Waals surface area contributed by atoms with Gasteiger partial charge in [0.1, 0.15) is 0 Å². The summed E-state index contributed by atoms with van der Waals surface area (Å²) in [4.78, 5) is 4.90. The monoisotopic (exact) mass is 185 g/mol. The molecule has 3 unspecified atom stereocenters. The van der Waals surface area contributed by atoms with E-state index in [-0.39, 0.29) is 6.04 Å². The van der Waals surface area contributed by atoms with Gasteiger partial charge in [0.2, 0.25) is 0 Å². The van der Waals surface area contributed by atoms with E-state index in [9.17, 15) is 0 Å². The highest BCUT2D eigenvalue weighted by atomic mass is 15.3. The summed E-state index contributed by atoms with van der Waals surface area (Å²) in [7, 11) is 2.18. The van der Waals surface area contributed by atoms with Gasteiger partial charge in [-0.2, -0.15) is 0 Å². The summed E-state index contributed by atoms with van der Waals surface area (Å²) in [5, 5.41) is 0. The largest absolute Gasteiger partial charge is 0.327 e. The minimum Gasteiger partial charge on any atom is -0.327 e. The predicted molar refractivity (Wildman–Crippen MR) is 56.8 cm³/mol. The number of nitrogens with two attached hydrogens (primary N) is 1. The van der Waals surface area contributed by atoms with Gasteiger partial charge >= 0.3 is 0 Å². The molecule has 0 bridgehead atoms. The van der Waals surface area contributed by atoms with E-state index in [2.05, 4.69) is 37.6 Å². The van der Waals surface area contributed by atoms with Crippen molar-refractivity contribution in [1.82, 2.24) is 9.80 Å². The highest BCUT2D eigenvalue weighted by molar-refractivity contribution is 4.84. The molecule has 0 saturated carbocycles. The van der Waals surface area contributed by atoms with Crippen LogP contribution in [0.15, 0.2) is 0 Å². The molecule has 1 fully saturated rings. The molecule has 0 spiro atoms. The number of hydrogen-bond acceptors (Lipinski definition) is 3. The average Bonchev–Trinajstić information content (AvgIpc) is 2.03. The van der Waals surface area contributed by atoms with E-state index < -0.39 is 0 Å². The Morgan fingerprint density at radius 3 is 2.38 bits per heavy atom. The number of nitrogens with zero attached hydrogens (tertiary/aromatic N) is 2. The second-order valence-corrected chi connectivity index (χ2v) is 4.45. The lowest BCUT2D eigenvalue weighted by molar-refractivity contribution is 0.0599. The molecule has 3 atom stereocenters. The Labute approximate surface area is 81.9 Å². The van der Waals surface area contributed by atoms with E-state index in [0.29, 0.717) is 12.1 Å². The van der Waals surface area contributed by atoms with Crippen LogP contribution in [0, 0.1) is 0 Å². The van der Waals surface area contributed by atoms with Crippen LogP contribution in [0.4, 0.5) is 0 Å². The van der Waals surface area contributed by atoms with Crippen LogP contribution in [0.3, 0.4) is 0 Å². The molecular weight excluding hydrogens is 162 g/mol. The Morgan fingerprint density at radius 1 is 1.31 bits per heavy atom.